The minimum Gasteiger partial charge on any atom is -0.473 e. The molecule has 0 radical (unpaired) electrons. The smallest absolute Gasteiger partial charge is 0.270 e. The molecule has 4 rings (SSSR count). The lowest BCUT2D eigenvalue weighted by Crippen LogP contribution is -2.41. The second-order valence-corrected chi connectivity index (χ2v) is 8.61. The summed E-state index contributed by atoms with van der Waals surface area (Å²) in [6.45, 7) is 0.521. The molecule has 1 saturated heterocycles. The van der Waals surface area contributed by atoms with E-state index in [0.29, 0.717) is 18.7 Å². The number of nitro groups is 1. The van der Waals surface area contributed by atoms with Gasteiger partial charge in [-0.25, -0.2) is 18.4 Å². The van der Waals surface area contributed by atoms with Crippen molar-refractivity contribution < 1.29 is 18.1 Å². The highest BCUT2D eigenvalue weighted by molar-refractivity contribution is 7.89. The fourth-order valence-electron chi connectivity index (χ4n) is 3.26. The Labute approximate surface area is 167 Å². The third-order valence-corrected chi connectivity index (χ3v) is 6.68. The van der Waals surface area contributed by atoms with Crippen LogP contribution < -0.4 is 4.74 Å². The Morgan fingerprint density at radius 1 is 1.07 bits per heavy atom. The van der Waals surface area contributed by atoms with Gasteiger partial charge in [0.2, 0.25) is 15.9 Å². The molecule has 1 aromatic heterocycles. The summed E-state index contributed by atoms with van der Waals surface area (Å²) < 4.78 is 32.9. The standard InChI is InChI=1S/C19H18N4O5S/c24-23(25)14-4-3-5-16(12-14)29(26,27)22-10-8-15(9-11-22)28-19-13-20-17-6-1-2-7-18(17)21-19/h1-7,12-13,15H,8-11H2. The highest BCUT2D eigenvalue weighted by atomic mass is 32.2. The number of piperidine rings is 1. The van der Waals surface area contributed by atoms with Crippen LogP contribution in [0.4, 0.5) is 5.69 Å². The number of rotatable bonds is 5. The number of nitro benzene ring substituents is 1. The Morgan fingerprint density at radius 2 is 1.79 bits per heavy atom. The quantitative estimate of drug-likeness (QED) is 0.465. The summed E-state index contributed by atoms with van der Waals surface area (Å²) in [5.41, 5.74) is 1.26. The molecule has 0 bridgehead atoms. The van der Waals surface area contributed by atoms with E-state index in [-0.39, 0.29) is 29.8 Å². The molecule has 10 heteroatoms. The van der Waals surface area contributed by atoms with Crippen molar-refractivity contribution in [2.45, 2.75) is 23.8 Å². The van der Waals surface area contributed by atoms with Crippen molar-refractivity contribution in [1.29, 1.82) is 0 Å². The minimum absolute atomic E-state index is 0.0773. The van der Waals surface area contributed by atoms with E-state index in [4.69, 9.17) is 4.74 Å². The van der Waals surface area contributed by atoms with E-state index in [9.17, 15) is 18.5 Å². The zero-order valence-electron chi connectivity index (χ0n) is 15.3. The topological polar surface area (TPSA) is 116 Å². The first kappa shape index (κ1) is 19.2. The summed E-state index contributed by atoms with van der Waals surface area (Å²) in [5.74, 6) is 0.406. The molecule has 0 saturated carbocycles. The largest absolute Gasteiger partial charge is 0.473 e. The van der Waals surface area contributed by atoms with Crippen molar-refractivity contribution in [3.8, 4) is 5.88 Å². The van der Waals surface area contributed by atoms with Gasteiger partial charge >= 0.3 is 0 Å². The van der Waals surface area contributed by atoms with E-state index >= 15 is 0 Å². The van der Waals surface area contributed by atoms with Gasteiger partial charge < -0.3 is 4.74 Å². The maximum atomic E-state index is 12.8. The summed E-state index contributed by atoms with van der Waals surface area (Å²) in [7, 11) is -3.80. The average Bonchev–Trinajstić information content (AvgIpc) is 2.74. The number of sulfonamides is 1. The lowest BCUT2D eigenvalue weighted by atomic mass is 10.1. The van der Waals surface area contributed by atoms with Crippen LogP contribution in [0.3, 0.4) is 0 Å². The molecular formula is C19H18N4O5S. The molecule has 1 aliphatic heterocycles. The van der Waals surface area contributed by atoms with Crippen LogP contribution in [0.5, 0.6) is 5.88 Å². The zero-order valence-corrected chi connectivity index (χ0v) is 16.2. The first-order chi connectivity index (χ1) is 13.9. The molecule has 1 fully saturated rings. The molecule has 0 atom stereocenters. The van der Waals surface area contributed by atoms with Gasteiger partial charge in [-0.05, 0) is 31.0 Å². The Hall–Kier alpha value is -3.11. The predicted molar refractivity (Wildman–Crippen MR) is 105 cm³/mol. The molecule has 0 aliphatic carbocycles. The molecule has 150 valence electrons. The molecular weight excluding hydrogens is 396 g/mol. The third kappa shape index (κ3) is 4.03. The number of hydrogen-bond donors (Lipinski definition) is 0. The normalized spacial score (nSPS) is 16.0. The zero-order chi connectivity index (χ0) is 20.4. The molecule has 0 unspecified atom stereocenters. The van der Waals surface area contributed by atoms with Crippen LogP contribution >= 0.6 is 0 Å². The number of hydrogen-bond acceptors (Lipinski definition) is 7. The van der Waals surface area contributed by atoms with Crippen molar-refractivity contribution >= 4 is 26.7 Å². The van der Waals surface area contributed by atoms with E-state index in [1.807, 2.05) is 24.3 Å². The molecule has 0 amide bonds. The van der Waals surface area contributed by atoms with Gasteiger partial charge in [0, 0.05) is 25.2 Å². The van der Waals surface area contributed by atoms with E-state index in [2.05, 4.69) is 9.97 Å². The molecule has 0 spiro atoms. The summed E-state index contributed by atoms with van der Waals surface area (Å²) in [6, 6.07) is 12.6. The van der Waals surface area contributed by atoms with Gasteiger partial charge in [0.15, 0.2) is 0 Å². The van der Waals surface area contributed by atoms with Gasteiger partial charge in [-0.1, -0.05) is 18.2 Å². The number of nitrogens with zero attached hydrogens (tertiary/aromatic N) is 4. The van der Waals surface area contributed by atoms with Crippen LogP contribution in [0.1, 0.15) is 12.8 Å². The number of benzene rings is 2. The second-order valence-electron chi connectivity index (χ2n) is 6.67. The first-order valence-electron chi connectivity index (χ1n) is 9.06. The molecule has 2 aromatic carbocycles. The molecule has 9 nitrogen and oxygen atoms in total. The average molecular weight is 414 g/mol. The number of para-hydroxylation sites is 2. The summed E-state index contributed by atoms with van der Waals surface area (Å²) in [5, 5.41) is 10.9. The second kappa shape index (κ2) is 7.72. The lowest BCUT2D eigenvalue weighted by Gasteiger charge is -2.31. The van der Waals surface area contributed by atoms with Gasteiger partial charge in [-0.3, -0.25) is 10.1 Å². The van der Waals surface area contributed by atoms with Crippen LogP contribution in [0.25, 0.3) is 11.0 Å². The van der Waals surface area contributed by atoms with E-state index in [1.54, 1.807) is 6.20 Å². The molecule has 29 heavy (non-hydrogen) atoms. The predicted octanol–water partition coefficient (Wildman–Crippen LogP) is 2.77. The van der Waals surface area contributed by atoms with Gasteiger partial charge in [0.05, 0.1) is 27.0 Å². The first-order valence-corrected chi connectivity index (χ1v) is 10.5. The molecule has 3 aromatic rings. The fourth-order valence-corrected chi connectivity index (χ4v) is 4.77. The maximum Gasteiger partial charge on any atom is 0.270 e. The molecule has 2 heterocycles. The van der Waals surface area contributed by atoms with Crippen molar-refractivity contribution in [3.05, 3.63) is 64.8 Å². The van der Waals surface area contributed by atoms with Crippen LogP contribution in [0, 0.1) is 10.1 Å². The van der Waals surface area contributed by atoms with E-state index < -0.39 is 14.9 Å². The van der Waals surface area contributed by atoms with Crippen LogP contribution in [0.2, 0.25) is 0 Å². The Kier molecular flexibility index (Phi) is 5.12. The highest BCUT2D eigenvalue weighted by Crippen LogP contribution is 2.25. The van der Waals surface area contributed by atoms with Crippen LogP contribution in [0.15, 0.2) is 59.6 Å². The maximum absolute atomic E-state index is 12.8. The summed E-state index contributed by atoms with van der Waals surface area (Å²) in [6.07, 6.45) is 2.36. The molecule has 1 aliphatic rings. The number of fused-ring (bicyclic) bond motifs is 1. The lowest BCUT2D eigenvalue weighted by molar-refractivity contribution is -0.385. The molecule has 0 N–H and O–H groups in total. The fraction of sp³-hybridized carbons (Fsp3) is 0.263. The Bertz CT molecular complexity index is 1160. The van der Waals surface area contributed by atoms with Gasteiger partial charge in [0.1, 0.15) is 6.10 Å². The Morgan fingerprint density at radius 3 is 2.52 bits per heavy atom. The van der Waals surface area contributed by atoms with Crippen molar-refractivity contribution in [2.24, 2.45) is 0 Å². The third-order valence-electron chi connectivity index (χ3n) is 4.78. The van der Waals surface area contributed by atoms with E-state index in [0.717, 1.165) is 17.1 Å². The summed E-state index contributed by atoms with van der Waals surface area (Å²) in [4.78, 5) is 19.0. The van der Waals surface area contributed by atoms with Gasteiger partial charge in [-0.15, -0.1) is 0 Å². The van der Waals surface area contributed by atoms with Crippen molar-refractivity contribution in [3.63, 3.8) is 0 Å². The van der Waals surface area contributed by atoms with Gasteiger partial charge in [0.25, 0.3) is 5.69 Å². The van der Waals surface area contributed by atoms with Crippen LogP contribution in [-0.2, 0) is 10.0 Å². The minimum atomic E-state index is -3.80. The van der Waals surface area contributed by atoms with Gasteiger partial charge in [-0.2, -0.15) is 4.31 Å². The summed E-state index contributed by atoms with van der Waals surface area (Å²) >= 11 is 0. The number of ether oxygens (including phenoxy) is 1. The van der Waals surface area contributed by atoms with Crippen molar-refractivity contribution in [1.82, 2.24) is 14.3 Å². The van der Waals surface area contributed by atoms with Crippen LogP contribution in [-0.4, -0.2) is 46.8 Å². The van der Waals surface area contributed by atoms with Crippen molar-refractivity contribution in [2.75, 3.05) is 13.1 Å². The SMILES string of the molecule is O=[N+]([O-])c1cccc(S(=O)(=O)N2CCC(Oc3cnc4ccccc4n3)CC2)c1. The number of aromatic nitrogens is 2. The van der Waals surface area contributed by atoms with E-state index in [1.165, 1.54) is 22.5 Å². The number of non-ortho nitro benzene ring substituents is 1. The monoisotopic (exact) mass is 414 g/mol. The highest BCUT2D eigenvalue weighted by Gasteiger charge is 2.31. The Balaban J connectivity index is 1.43.